The molecule has 19 nitrogen and oxygen atoms in total. The molecule has 116 heavy (non-hydrogen) atoms. The summed E-state index contributed by atoms with van der Waals surface area (Å²) in [5, 5.41) is 121. The maximum atomic E-state index is 13.5. The topological polar surface area (TPSA) is 307 Å². The number of rotatable bonds is 78. The van der Waals surface area contributed by atoms with Crippen LogP contribution in [0.4, 0.5) is 0 Å². The Bertz CT molecular complexity index is 2420. The second kappa shape index (κ2) is 75.7. The van der Waals surface area contributed by atoms with Crippen LogP contribution in [0.15, 0.2) is 85.1 Å². The molecule has 3 rings (SSSR count). The van der Waals surface area contributed by atoms with Gasteiger partial charge >= 0.3 is 0 Å². The lowest BCUT2D eigenvalue weighted by Crippen LogP contribution is -2.66. The Hall–Kier alpha value is -3.03. The highest BCUT2D eigenvalue weighted by Gasteiger charge is 2.54. The fourth-order valence-corrected chi connectivity index (χ4v) is 15.9. The minimum Gasteiger partial charge on any atom is -0.394 e. The van der Waals surface area contributed by atoms with E-state index in [1.165, 1.54) is 283 Å². The fourth-order valence-electron chi connectivity index (χ4n) is 15.9. The summed E-state index contributed by atoms with van der Waals surface area (Å²) < 4.78 is 34.6. The van der Waals surface area contributed by atoms with Crippen molar-refractivity contribution >= 4 is 5.91 Å². The highest BCUT2D eigenvalue weighted by atomic mass is 16.8. The van der Waals surface area contributed by atoms with Crippen LogP contribution in [-0.4, -0.2) is 193 Å². The quantitative estimate of drug-likeness (QED) is 0.0199. The summed E-state index contributed by atoms with van der Waals surface area (Å²) in [6, 6.07) is -0.977. The van der Waals surface area contributed by atoms with Crippen LogP contribution in [0.3, 0.4) is 0 Å². The number of aliphatic hydroxyl groups is 11. The molecule has 19 heteroatoms. The van der Waals surface area contributed by atoms with Crippen molar-refractivity contribution in [3.63, 3.8) is 0 Å². The van der Waals surface area contributed by atoms with Crippen molar-refractivity contribution in [2.24, 2.45) is 0 Å². The van der Waals surface area contributed by atoms with Gasteiger partial charge in [-0.15, -0.1) is 0 Å². The molecule has 1 amide bonds. The summed E-state index contributed by atoms with van der Waals surface area (Å²) in [5.74, 6) is -0.269. The normalized spacial score (nSPS) is 24.9. The van der Waals surface area contributed by atoms with Crippen LogP contribution in [0.2, 0.25) is 0 Å². The first-order valence-corrected chi connectivity index (χ1v) is 47.8. The van der Waals surface area contributed by atoms with Gasteiger partial charge in [-0.05, 0) is 70.6 Å². The van der Waals surface area contributed by atoms with Gasteiger partial charge in [0.2, 0.25) is 5.91 Å². The third kappa shape index (κ3) is 53.1. The number of carbonyl (C=O) groups excluding carboxylic acids is 1. The van der Waals surface area contributed by atoms with E-state index < -0.39 is 124 Å². The number of hydrogen-bond donors (Lipinski definition) is 12. The highest BCUT2D eigenvalue weighted by Crippen LogP contribution is 2.34. The molecular formula is C97H175NO18. The number of allylic oxidation sites excluding steroid dienone is 13. The standard InChI is InChI=1S/C97H175NO18/c1-3-5-7-9-11-13-15-17-19-21-23-25-27-29-31-33-35-36-37-38-39-40-41-42-43-44-45-47-49-51-53-55-57-59-61-63-65-67-69-71-73-75-85(103)98-80(81(102)74-72-70-68-66-64-62-60-58-56-54-52-50-48-46-34-32-30-28-26-24-22-20-18-16-14-12-10-8-6-4-2)79-111-95-91(109)88(106)93(83(77-100)113-95)116-97-92(110)89(107)94(84(78-101)114-97)115-96-90(108)87(105)86(104)82(76-99)112-96/h5,7,11,13,17,19,23,25,29,31,35-36,72,74,80-84,86-97,99-102,104-110H,3-4,6,8-10,12,14-16,18,20-22,24,26-28,30,32-34,37-71,73,75-79H2,1-2H3,(H,98,103)/b7-5-,13-11-,19-17-,25-23-,31-29-,36-35-,74-72+. The van der Waals surface area contributed by atoms with Crippen molar-refractivity contribution in [2.45, 2.75) is 497 Å². The van der Waals surface area contributed by atoms with Crippen molar-refractivity contribution in [3.8, 4) is 0 Å². The van der Waals surface area contributed by atoms with Gasteiger partial charge in [-0.1, -0.05) is 401 Å². The molecule has 3 aliphatic heterocycles. The van der Waals surface area contributed by atoms with E-state index in [4.69, 9.17) is 28.4 Å². The van der Waals surface area contributed by atoms with Crippen molar-refractivity contribution < 1.29 is 89.4 Å². The maximum Gasteiger partial charge on any atom is 0.220 e. The van der Waals surface area contributed by atoms with Crippen LogP contribution < -0.4 is 5.32 Å². The van der Waals surface area contributed by atoms with Crippen LogP contribution in [0.1, 0.15) is 393 Å². The van der Waals surface area contributed by atoms with E-state index in [1.54, 1.807) is 6.08 Å². The van der Waals surface area contributed by atoms with Gasteiger partial charge in [0.15, 0.2) is 18.9 Å². The largest absolute Gasteiger partial charge is 0.394 e. The van der Waals surface area contributed by atoms with E-state index in [0.29, 0.717) is 6.42 Å². The number of ether oxygens (including phenoxy) is 6. The summed E-state index contributed by atoms with van der Waals surface area (Å²) >= 11 is 0. The number of hydrogen-bond acceptors (Lipinski definition) is 18. The van der Waals surface area contributed by atoms with Crippen LogP contribution >= 0.6 is 0 Å². The lowest BCUT2D eigenvalue weighted by molar-refractivity contribution is -0.379. The predicted molar refractivity (Wildman–Crippen MR) is 471 cm³/mol. The summed E-state index contributed by atoms with van der Waals surface area (Å²) in [6.07, 6.45) is 77.5. The molecule has 0 radical (unpaired) electrons. The number of aliphatic hydroxyl groups excluding tert-OH is 11. The molecule has 0 bridgehead atoms. The predicted octanol–water partition coefficient (Wildman–Crippen LogP) is 19.2. The first-order valence-electron chi connectivity index (χ1n) is 47.8. The van der Waals surface area contributed by atoms with E-state index in [-0.39, 0.29) is 18.9 Å². The van der Waals surface area contributed by atoms with Gasteiger partial charge in [0.1, 0.15) is 73.2 Å². The van der Waals surface area contributed by atoms with Crippen LogP contribution in [0.5, 0.6) is 0 Å². The summed E-state index contributed by atoms with van der Waals surface area (Å²) in [4.78, 5) is 13.5. The van der Waals surface area contributed by atoms with Crippen LogP contribution in [-0.2, 0) is 33.2 Å². The van der Waals surface area contributed by atoms with Gasteiger partial charge in [-0.25, -0.2) is 0 Å². The number of carbonyl (C=O) groups is 1. The second-order valence-corrected chi connectivity index (χ2v) is 33.8. The van der Waals surface area contributed by atoms with E-state index in [2.05, 4.69) is 92.1 Å². The number of unbranched alkanes of at least 4 members (excludes halogenated alkanes) is 50. The Balaban J connectivity index is 1.29. The monoisotopic (exact) mass is 1640 g/mol. The van der Waals surface area contributed by atoms with Crippen molar-refractivity contribution in [2.75, 3.05) is 26.4 Å². The van der Waals surface area contributed by atoms with Gasteiger partial charge in [0.25, 0.3) is 0 Å². The Kier molecular flexibility index (Phi) is 69.9. The molecule has 0 aromatic carbocycles. The molecular weight excluding hydrogens is 1470 g/mol. The molecule has 0 saturated carbocycles. The van der Waals surface area contributed by atoms with Gasteiger partial charge in [0.05, 0.1) is 38.6 Å². The SMILES string of the molecule is CC/C=C\C/C=C\C/C=C\C/C=C\C/C=C\C/C=C\CCCCCCCCCCCCCCCCCCCCCCCCC(=O)NC(COC1OC(CO)C(OC2OC(CO)C(OC3OC(CO)C(O)C(O)C3O)C(O)C2O)C(O)C1O)C(O)/C=C/CCCCCCCCCCCCCCCCCCCCCCCCCCCCCC. The van der Waals surface area contributed by atoms with E-state index >= 15 is 0 Å². The number of amides is 1. The van der Waals surface area contributed by atoms with Crippen molar-refractivity contribution in [1.29, 1.82) is 0 Å². The molecule has 0 aromatic rings. The zero-order chi connectivity index (χ0) is 83.8. The van der Waals surface area contributed by atoms with Gasteiger partial charge in [0, 0.05) is 6.42 Å². The smallest absolute Gasteiger partial charge is 0.220 e. The average Bonchev–Trinajstić information content (AvgIpc) is 0.783. The minimum absolute atomic E-state index is 0.245. The Morgan fingerprint density at radius 1 is 0.319 bits per heavy atom. The van der Waals surface area contributed by atoms with Crippen molar-refractivity contribution in [1.82, 2.24) is 5.32 Å². The zero-order valence-electron chi connectivity index (χ0n) is 73.2. The maximum absolute atomic E-state index is 13.5. The molecule has 3 saturated heterocycles. The second-order valence-electron chi connectivity index (χ2n) is 33.8. The molecule has 0 aromatic heterocycles. The average molecular weight is 1640 g/mol. The van der Waals surface area contributed by atoms with E-state index in [0.717, 1.165) is 83.5 Å². The number of nitrogens with one attached hydrogen (secondary N) is 1. The molecule has 3 aliphatic rings. The summed E-state index contributed by atoms with van der Waals surface area (Å²) in [5.41, 5.74) is 0. The Labute approximate surface area is 705 Å². The lowest BCUT2D eigenvalue weighted by atomic mass is 9.96. The molecule has 3 fully saturated rings. The minimum atomic E-state index is -1.98. The molecule has 0 aliphatic carbocycles. The molecule has 17 unspecified atom stereocenters. The summed E-state index contributed by atoms with van der Waals surface area (Å²) in [7, 11) is 0. The zero-order valence-corrected chi connectivity index (χ0v) is 73.2. The first kappa shape index (κ1) is 107. The fraction of sp³-hybridized carbons (Fsp3) is 0.845. The molecule has 12 N–H and O–H groups in total. The van der Waals surface area contributed by atoms with Crippen LogP contribution in [0.25, 0.3) is 0 Å². The molecule has 17 atom stereocenters. The third-order valence-electron chi connectivity index (χ3n) is 23.4. The van der Waals surface area contributed by atoms with Gasteiger partial charge < -0.3 is 89.9 Å². The van der Waals surface area contributed by atoms with Gasteiger partial charge in [-0.3, -0.25) is 4.79 Å². The third-order valence-corrected chi connectivity index (χ3v) is 23.4. The Morgan fingerprint density at radius 3 is 0.931 bits per heavy atom. The lowest BCUT2D eigenvalue weighted by Gasteiger charge is -2.48. The van der Waals surface area contributed by atoms with Crippen molar-refractivity contribution in [3.05, 3.63) is 85.1 Å². The molecule has 3 heterocycles. The van der Waals surface area contributed by atoms with E-state index in [1.807, 2.05) is 6.08 Å². The molecule has 0 spiro atoms. The molecule has 676 valence electrons. The summed E-state index contributed by atoms with van der Waals surface area (Å²) in [6.45, 7) is 1.68. The van der Waals surface area contributed by atoms with Crippen LogP contribution in [0, 0.1) is 0 Å². The first-order chi connectivity index (χ1) is 56.8. The van der Waals surface area contributed by atoms with E-state index in [9.17, 15) is 61.0 Å². The highest BCUT2D eigenvalue weighted by molar-refractivity contribution is 5.76. The van der Waals surface area contributed by atoms with Gasteiger partial charge in [-0.2, -0.15) is 0 Å². The Morgan fingerprint density at radius 2 is 0.595 bits per heavy atom.